The molecule has 0 saturated heterocycles. The van der Waals surface area contributed by atoms with Crippen molar-refractivity contribution >= 4 is 5.91 Å². The third-order valence-corrected chi connectivity index (χ3v) is 3.78. The lowest BCUT2D eigenvalue weighted by Crippen LogP contribution is -2.35. The van der Waals surface area contributed by atoms with Crippen LogP contribution in [0.1, 0.15) is 56.2 Å². The summed E-state index contributed by atoms with van der Waals surface area (Å²) in [6.45, 7) is 4.30. The summed E-state index contributed by atoms with van der Waals surface area (Å²) in [4.78, 5) is 10.9. The van der Waals surface area contributed by atoms with Crippen LogP contribution in [0, 0.1) is 0 Å². The van der Waals surface area contributed by atoms with E-state index in [0.29, 0.717) is 18.4 Å². The van der Waals surface area contributed by atoms with Crippen LogP contribution < -0.4 is 11.1 Å². The van der Waals surface area contributed by atoms with Crippen molar-refractivity contribution in [1.29, 1.82) is 0 Å². The second-order valence-corrected chi connectivity index (χ2v) is 5.40. The van der Waals surface area contributed by atoms with E-state index >= 15 is 0 Å². The van der Waals surface area contributed by atoms with Crippen LogP contribution in [0.2, 0.25) is 0 Å². The largest absolute Gasteiger partial charge is 0.370 e. The molecule has 0 radical (unpaired) electrons. The average Bonchev–Trinajstić information content (AvgIpc) is 2.32. The first-order chi connectivity index (χ1) is 8.58. The van der Waals surface area contributed by atoms with E-state index < -0.39 is 0 Å². The lowest BCUT2D eigenvalue weighted by molar-refractivity contribution is -0.118. The van der Waals surface area contributed by atoms with Crippen LogP contribution in [-0.4, -0.2) is 11.9 Å². The highest BCUT2D eigenvalue weighted by Crippen LogP contribution is 2.37. The first kappa shape index (κ1) is 13.1. The van der Waals surface area contributed by atoms with Gasteiger partial charge in [-0.3, -0.25) is 4.79 Å². The minimum absolute atomic E-state index is 0.133. The van der Waals surface area contributed by atoms with E-state index in [2.05, 4.69) is 36.5 Å². The Morgan fingerprint density at radius 1 is 1.39 bits per heavy atom. The molecule has 0 unspecified atom stereocenters. The van der Waals surface area contributed by atoms with Gasteiger partial charge in [0.15, 0.2) is 0 Å². The van der Waals surface area contributed by atoms with Crippen LogP contribution >= 0.6 is 0 Å². The van der Waals surface area contributed by atoms with Crippen molar-refractivity contribution in [2.24, 2.45) is 5.73 Å². The molecule has 0 bridgehead atoms. The monoisotopic (exact) mass is 246 g/mol. The molecule has 3 nitrogen and oxygen atoms in total. The lowest BCUT2D eigenvalue weighted by Gasteiger charge is -2.32. The Hall–Kier alpha value is -1.35. The van der Waals surface area contributed by atoms with Gasteiger partial charge in [-0.2, -0.15) is 0 Å². The SMILES string of the molecule is C[C@H](CC(N)=O)N[C@H]1CC[C@@H](C)c2ccccc21. The highest BCUT2D eigenvalue weighted by atomic mass is 16.1. The zero-order valence-electron chi connectivity index (χ0n) is 11.1. The molecule has 0 spiro atoms. The summed E-state index contributed by atoms with van der Waals surface area (Å²) in [5.41, 5.74) is 8.06. The predicted octanol–water partition coefficient (Wildman–Crippen LogP) is 2.48. The average molecular weight is 246 g/mol. The van der Waals surface area contributed by atoms with Crippen molar-refractivity contribution in [3.63, 3.8) is 0 Å². The minimum Gasteiger partial charge on any atom is -0.370 e. The van der Waals surface area contributed by atoms with Gasteiger partial charge < -0.3 is 11.1 Å². The number of carbonyl (C=O) groups excluding carboxylic acids is 1. The van der Waals surface area contributed by atoms with Gasteiger partial charge in [0.2, 0.25) is 5.91 Å². The van der Waals surface area contributed by atoms with Crippen molar-refractivity contribution < 1.29 is 4.79 Å². The molecular formula is C15H22N2O. The van der Waals surface area contributed by atoms with Gasteiger partial charge in [-0.1, -0.05) is 31.2 Å². The quantitative estimate of drug-likeness (QED) is 0.857. The molecule has 3 N–H and O–H groups in total. The van der Waals surface area contributed by atoms with Crippen LogP contribution in [0.5, 0.6) is 0 Å². The number of primary amides is 1. The minimum atomic E-state index is -0.243. The van der Waals surface area contributed by atoms with Crippen molar-refractivity contribution in [3.8, 4) is 0 Å². The zero-order chi connectivity index (χ0) is 13.1. The summed E-state index contributed by atoms with van der Waals surface area (Å²) < 4.78 is 0. The molecule has 0 aliphatic heterocycles. The summed E-state index contributed by atoms with van der Waals surface area (Å²) in [6.07, 6.45) is 2.72. The van der Waals surface area contributed by atoms with Gasteiger partial charge in [0.1, 0.15) is 0 Å². The van der Waals surface area contributed by atoms with Gasteiger partial charge in [0.05, 0.1) is 0 Å². The lowest BCUT2D eigenvalue weighted by atomic mass is 9.81. The maximum Gasteiger partial charge on any atom is 0.218 e. The molecule has 3 atom stereocenters. The molecular weight excluding hydrogens is 224 g/mol. The van der Waals surface area contributed by atoms with E-state index in [-0.39, 0.29) is 11.9 Å². The second-order valence-electron chi connectivity index (χ2n) is 5.40. The fourth-order valence-electron chi connectivity index (χ4n) is 2.88. The molecule has 0 fully saturated rings. The molecule has 1 aromatic carbocycles. The maximum atomic E-state index is 10.9. The summed E-state index contributed by atoms with van der Waals surface area (Å²) >= 11 is 0. The summed E-state index contributed by atoms with van der Waals surface area (Å²) in [5.74, 6) is 0.387. The van der Waals surface area contributed by atoms with E-state index in [4.69, 9.17) is 5.73 Å². The molecule has 0 saturated carbocycles. The van der Waals surface area contributed by atoms with E-state index in [9.17, 15) is 4.79 Å². The molecule has 1 aliphatic rings. The Labute approximate surface area is 109 Å². The van der Waals surface area contributed by atoms with Gasteiger partial charge in [-0.25, -0.2) is 0 Å². The molecule has 0 heterocycles. The van der Waals surface area contributed by atoms with E-state index in [1.807, 2.05) is 6.92 Å². The molecule has 18 heavy (non-hydrogen) atoms. The predicted molar refractivity (Wildman–Crippen MR) is 73.2 cm³/mol. The van der Waals surface area contributed by atoms with Crippen LogP contribution in [0.4, 0.5) is 0 Å². The number of rotatable bonds is 4. The number of hydrogen-bond acceptors (Lipinski definition) is 2. The van der Waals surface area contributed by atoms with Crippen LogP contribution in [0.3, 0.4) is 0 Å². The molecule has 1 aromatic rings. The first-order valence-corrected chi connectivity index (χ1v) is 6.71. The van der Waals surface area contributed by atoms with Gasteiger partial charge in [-0.15, -0.1) is 0 Å². The number of nitrogens with one attached hydrogen (secondary N) is 1. The molecule has 0 aromatic heterocycles. The Kier molecular flexibility index (Phi) is 4.02. The summed E-state index contributed by atoms with van der Waals surface area (Å²) in [5, 5.41) is 3.53. The van der Waals surface area contributed by atoms with Crippen LogP contribution in [0.15, 0.2) is 24.3 Å². The van der Waals surface area contributed by atoms with Gasteiger partial charge in [-0.05, 0) is 36.8 Å². The zero-order valence-corrected chi connectivity index (χ0v) is 11.1. The van der Waals surface area contributed by atoms with Crippen molar-refractivity contribution in [3.05, 3.63) is 35.4 Å². The third kappa shape index (κ3) is 2.91. The smallest absolute Gasteiger partial charge is 0.218 e. The number of fused-ring (bicyclic) bond motifs is 1. The molecule has 2 rings (SSSR count). The number of nitrogens with two attached hydrogens (primary N) is 1. The van der Waals surface area contributed by atoms with Crippen molar-refractivity contribution in [1.82, 2.24) is 5.32 Å². The fourth-order valence-corrected chi connectivity index (χ4v) is 2.88. The van der Waals surface area contributed by atoms with Crippen molar-refractivity contribution in [2.45, 2.75) is 51.1 Å². The van der Waals surface area contributed by atoms with E-state index in [1.165, 1.54) is 17.5 Å². The highest BCUT2D eigenvalue weighted by molar-refractivity contribution is 5.74. The van der Waals surface area contributed by atoms with Gasteiger partial charge in [0, 0.05) is 18.5 Å². The number of amides is 1. The Morgan fingerprint density at radius 3 is 2.72 bits per heavy atom. The second kappa shape index (κ2) is 5.53. The highest BCUT2D eigenvalue weighted by Gasteiger charge is 2.25. The first-order valence-electron chi connectivity index (χ1n) is 6.71. The van der Waals surface area contributed by atoms with Crippen molar-refractivity contribution in [2.75, 3.05) is 0 Å². The summed E-state index contributed by atoms with van der Waals surface area (Å²) in [6, 6.07) is 9.09. The van der Waals surface area contributed by atoms with Gasteiger partial charge in [0.25, 0.3) is 0 Å². The molecule has 1 aliphatic carbocycles. The normalized spacial score (nSPS) is 24.3. The third-order valence-electron chi connectivity index (χ3n) is 3.78. The Balaban J connectivity index is 2.11. The Bertz CT molecular complexity index is 430. The van der Waals surface area contributed by atoms with Crippen LogP contribution in [-0.2, 0) is 4.79 Å². The number of hydrogen-bond donors (Lipinski definition) is 2. The van der Waals surface area contributed by atoms with E-state index in [0.717, 1.165) is 6.42 Å². The topological polar surface area (TPSA) is 55.1 Å². The molecule has 3 heteroatoms. The van der Waals surface area contributed by atoms with E-state index in [1.54, 1.807) is 0 Å². The molecule has 1 amide bonds. The maximum absolute atomic E-state index is 10.9. The Morgan fingerprint density at radius 2 is 2.06 bits per heavy atom. The molecule has 98 valence electrons. The number of carbonyl (C=O) groups is 1. The number of benzene rings is 1. The van der Waals surface area contributed by atoms with Crippen LogP contribution in [0.25, 0.3) is 0 Å². The summed E-state index contributed by atoms with van der Waals surface area (Å²) in [7, 11) is 0. The standard InChI is InChI=1S/C15H22N2O/c1-10-7-8-14(17-11(2)9-15(16)18)13-6-4-3-5-12(10)13/h3-6,10-11,14,17H,7-9H2,1-2H3,(H2,16,18)/t10-,11-,14+/m1/s1. The van der Waals surface area contributed by atoms with Gasteiger partial charge >= 0.3 is 0 Å². The fraction of sp³-hybridized carbons (Fsp3) is 0.533.